The van der Waals surface area contributed by atoms with E-state index in [1.807, 2.05) is 24.0 Å². The highest BCUT2D eigenvalue weighted by Crippen LogP contribution is 2.13. The summed E-state index contributed by atoms with van der Waals surface area (Å²) in [5.41, 5.74) is 3.13. The predicted molar refractivity (Wildman–Crippen MR) is 72.4 cm³/mol. The van der Waals surface area contributed by atoms with Gasteiger partial charge in [-0.05, 0) is 38.3 Å². The number of hydrogen-bond acceptors (Lipinski definition) is 1. The summed E-state index contributed by atoms with van der Waals surface area (Å²) < 4.78 is 0. The number of nitrogens with zero attached hydrogens (tertiary/aromatic N) is 1. The van der Waals surface area contributed by atoms with E-state index in [0.717, 1.165) is 37.1 Å². The lowest BCUT2D eigenvalue weighted by Crippen LogP contribution is -2.32. The number of rotatable bonds is 5. The second-order valence-corrected chi connectivity index (χ2v) is 4.61. The first-order chi connectivity index (χ1) is 8.10. The normalized spacial score (nSPS) is 10.4. The maximum absolute atomic E-state index is 12.4. The molecule has 2 nitrogen and oxygen atoms in total. The molecule has 0 aliphatic rings. The van der Waals surface area contributed by atoms with Crippen LogP contribution >= 0.6 is 0 Å². The summed E-state index contributed by atoms with van der Waals surface area (Å²) in [6, 6.07) is 6.03. The van der Waals surface area contributed by atoms with Crippen molar-refractivity contribution in [3.05, 3.63) is 34.9 Å². The van der Waals surface area contributed by atoms with Crippen molar-refractivity contribution >= 4 is 5.91 Å². The third-order valence-electron chi connectivity index (χ3n) is 2.89. The van der Waals surface area contributed by atoms with Crippen LogP contribution in [-0.4, -0.2) is 23.9 Å². The topological polar surface area (TPSA) is 20.3 Å². The molecule has 0 aliphatic heterocycles. The van der Waals surface area contributed by atoms with Crippen LogP contribution in [0.3, 0.4) is 0 Å². The van der Waals surface area contributed by atoms with Crippen molar-refractivity contribution in [1.29, 1.82) is 0 Å². The first-order valence-electron chi connectivity index (χ1n) is 6.46. The lowest BCUT2D eigenvalue weighted by atomic mass is 10.0. The van der Waals surface area contributed by atoms with Gasteiger partial charge >= 0.3 is 0 Å². The van der Waals surface area contributed by atoms with Crippen molar-refractivity contribution in [2.45, 2.75) is 40.5 Å². The van der Waals surface area contributed by atoms with Crippen LogP contribution in [-0.2, 0) is 0 Å². The number of hydrogen-bond donors (Lipinski definition) is 0. The first kappa shape index (κ1) is 13.8. The fourth-order valence-corrected chi connectivity index (χ4v) is 2.08. The maximum atomic E-state index is 12.4. The van der Waals surface area contributed by atoms with Gasteiger partial charge in [-0.3, -0.25) is 4.79 Å². The van der Waals surface area contributed by atoms with Crippen molar-refractivity contribution in [2.75, 3.05) is 13.1 Å². The molecular formula is C15H23NO. The van der Waals surface area contributed by atoms with E-state index in [-0.39, 0.29) is 5.91 Å². The highest BCUT2D eigenvalue weighted by Gasteiger charge is 2.15. The highest BCUT2D eigenvalue weighted by atomic mass is 16.2. The second-order valence-electron chi connectivity index (χ2n) is 4.61. The Hall–Kier alpha value is -1.31. The van der Waals surface area contributed by atoms with E-state index in [2.05, 4.69) is 26.8 Å². The van der Waals surface area contributed by atoms with Gasteiger partial charge in [0.2, 0.25) is 0 Å². The predicted octanol–water partition coefficient (Wildman–Crippen LogP) is 3.57. The van der Waals surface area contributed by atoms with Crippen LogP contribution in [0.5, 0.6) is 0 Å². The van der Waals surface area contributed by atoms with E-state index >= 15 is 0 Å². The van der Waals surface area contributed by atoms with E-state index in [1.165, 1.54) is 5.56 Å². The molecule has 1 aromatic rings. The van der Waals surface area contributed by atoms with E-state index < -0.39 is 0 Å². The average molecular weight is 233 g/mol. The highest BCUT2D eigenvalue weighted by molar-refractivity contribution is 5.95. The van der Waals surface area contributed by atoms with Crippen molar-refractivity contribution in [3.63, 3.8) is 0 Å². The first-order valence-corrected chi connectivity index (χ1v) is 6.46. The van der Waals surface area contributed by atoms with Crippen molar-refractivity contribution in [1.82, 2.24) is 4.90 Å². The fraction of sp³-hybridized carbons (Fsp3) is 0.533. The standard InChI is InChI=1S/C15H23NO/c1-5-9-16(10-6-2)15(17)14-8-7-12(3)11-13(14)4/h7-8,11H,5-6,9-10H2,1-4H3. The summed E-state index contributed by atoms with van der Waals surface area (Å²) in [7, 11) is 0. The lowest BCUT2D eigenvalue weighted by molar-refractivity contribution is 0.0755. The quantitative estimate of drug-likeness (QED) is 0.761. The zero-order chi connectivity index (χ0) is 12.8. The molecule has 2 heteroatoms. The van der Waals surface area contributed by atoms with Gasteiger partial charge in [0.1, 0.15) is 0 Å². The van der Waals surface area contributed by atoms with Gasteiger partial charge in [0.25, 0.3) is 5.91 Å². The molecule has 0 spiro atoms. The van der Waals surface area contributed by atoms with Crippen molar-refractivity contribution in [2.24, 2.45) is 0 Å². The molecular weight excluding hydrogens is 210 g/mol. The molecule has 0 atom stereocenters. The molecule has 0 N–H and O–H groups in total. The molecule has 0 radical (unpaired) electrons. The molecule has 0 aromatic heterocycles. The zero-order valence-electron chi connectivity index (χ0n) is 11.4. The van der Waals surface area contributed by atoms with Gasteiger partial charge in [-0.2, -0.15) is 0 Å². The van der Waals surface area contributed by atoms with Crippen LogP contribution < -0.4 is 0 Å². The van der Waals surface area contributed by atoms with Gasteiger partial charge in [0.15, 0.2) is 0 Å². The molecule has 1 amide bonds. The number of amides is 1. The molecule has 94 valence electrons. The number of benzene rings is 1. The average Bonchev–Trinajstić information content (AvgIpc) is 2.28. The Bertz CT molecular complexity index is 379. The Kier molecular flexibility index (Phi) is 5.20. The summed E-state index contributed by atoms with van der Waals surface area (Å²) in [5, 5.41) is 0. The Morgan fingerprint density at radius 1 is 1.12 bits per heavy atom. The minimum atomic E-state index is 0.172. The van der Waals surface area contributed by atoms with Crippen LogP contribution in [0.4, 0.5) is 0 Å². The SMILES string of the molecule is CCCN(CCC)C(=O)c1ccc(C)cc1C. The van der Waals surface area contributed by atoms with Crippen LogP contribution in [0.15, 0.2) is 18.2 Å². The second kappa shape index (κ2) is 6.43. The summed E-state index contributed by atoms with van der Waals surface area (Å²) in [6.45, 7) is 9.98. The minimum Gasteiger partial charge on any atom is -0.339 e. The van der Waals surface area contributed by atoms with Gasteiger partial charge < -0.3 is 4.90 Å². The molecule has 1 rings (SSSR count). The van der Waals surface area contributed by atoms with Crippen LogP contribution in [0.2, 0.25) is 0 Å². The smallest absolute Gasteiger partial charge is 0.254 e. The monoisotopic (exact) mass is 233 g/mol. The van der Waals surface area contributed by atoms with E-state index in [1.54, 1.807) is 0 Å². The summed E-state index contributed by atoms with van der Waals surface area (Å²) in [6.07, 6.45) is 2.02. The Labute approximate surface area is 105 Å². The molecule has 0 saturated heterocycles. The molecule has 0 bridgehead atoms. The molecule has 1 aromatic carbocycles. The lowest BCUT2D eigenvalue weighted by Gasteiger charge is -2.22. The minimum absolute atomic E-state index is 0.172. The zero-order valence-corrected chi connectivity index (χ0v) is 11.4. The molecule has 0 unspecified atom stereocenters. The maximum Gasteiger partial charge on any atom is 0.254 e. The summed E-state index contributed by atoms with van der Waals surface area (Å²) in [5.74, 6) is 0.172. The van der Waals surface area contributed by atoms with Crippen LogP contribution in [0.25, 0.3) is 0 Å². The number of aryl methyl sites for hydroxylation is 2. The van der Waals surface area contributed by atoms with Gasteiger partial charge in [-0.15, -0.1) is 0 Å². The summed E-state index contributed by atoms with van der Waals surface area (Å²) >= 11 is 0. The largest absolute Gasteiger partial charge is 0.339 e. The molecule has 0 saturated carbocycles. The third-order valence-corrected chi connectivity index (χ3v) is 2.89. The molecule has 0 aliphatic carbocycles. The van der Waals surface area contributed by atoms with Crippen LogP contribution in [0, 0.1) is 13.8 Å². The molecule has 0 heterocycles. The van der Waals surface area contributed by atoms with Gasteiger partial charge in [0.05, 0.1) is 0 Å². The van der Waals surface area contributed by atoms with E-state index in [9.17, 15) is 4.79 Å². The van der Waals surface area contributed by atoms with E-state index in [0.29, 0.717) is 0 Å². The molecule has 0 fully saturated rings. The van der Waals surface area contributed by atoms with Crippen molar-refractivity contribution < 1.29 is 4.79 Å². The van der Waals surface area contributed by atoms with Gasteiger partial charge in [0, 0.05) is 18.7 Å². The van der Waals surface area contributed by atoms with E-state index in [4.69, 9.17) is 0 Å². The van der Waals surface area contributed by atoms with Gasteiger partial charge in [-0.25, -0.2) is 0 Å². The summed E-state index contributed by atoms with van der Waals surface area (Å²) in [4.78, 5) is 14.3. The number of carbonyl (C=O) groups is 1. The fourth-order valence-electron chi connectivity index (χ4n) is 2.08. The van der Waals surface area contributed by atoms with Crippen LogP contribution in [0.1, 0.15) is 48.2 Å². The Morgan fingerprint density at radius 3 is 2.18 bits per heavy atom. The number of carbonyl (C=O) groups excluding carboxylic acids is 1. The molecule has 17 heavy (non-hydrogen) atoms. The Balaban J connectivity index is 2.92. The van der Waals surface area contributed by atoms with Crippen molar-refractivity contribution in [3.8, 4) is 0 Å². The Morgan fingerprint density at radius 2 is 1.71 bits per heavy atom. The third kappa shape index (κ3) is 3.58. The van der Waals surface area contributed by atoms with Gasteiger partial charge in [-0.1, -0.05) is 31.5 Å².